The van der Waals surface area contributed by atoms with Crippen molar-refractivity contribution in [2.45, 2.75) is 13.8 Å². The number of carbonyl (C=O) groups is 2. The van der Waals surface area contributed by atoms with Crippen molar-refractivity contribution in [3.05, 3.63) is 41.5 Å². The van der Waals surface area contributed by atoms with E-state index in [9.17, 15) is 9.59 Å². The number of amides is 1. The highest BCUT2D eigenvalue weighted by atomic mass is 16.1. The summed E-state index contributed by atoms with van der Waals surface area (Å²) in [6, 6.07) is 6.84. The van der Waals surface area contributed by atoms with E-state index in [-0.39, 0.29) is 5.78 Å². The monoisotopic (exact) mass is 203 g/mol. The molecule has 2 N–H and O–H groups in total. The van der Waals surface area contributed by atoms with Crippen molar-refractivity contribution in [3.8, 4) is 0 Å². The van der Waals surface area contributed by atoms with Gasteiger partial charge in [0.1, 0.15) is 0 Å². The highest BCUT2D eigenvalue weighted by Crippen LogP contribution is 2.14. The molecule has 0 aliphatic heterocycles. The van der Waals surface area contributed by atoms with Gasteiger partial charge in [0.25, 0.3) is 0 Å². The van der Waals surface area contributed by atoms with Crippen LogP contribution in [-0.4, -0.2) is 11.7 Å². The summed E-state index contributed by atoms with van der Waals surface area (Å²) < 4.78 is 0. The number of nitrogens with two attached hydrogens (primary N) is 1. The molecule has 3 nitrogen and oxygen atoms in total. The first kappa shape index (κ1) is 11.2. The van der Waals surface area contributed by atoms with E-state index in [1.165, 1.54) is 6.92 Å². The lowest BCUT2D eigenvalue weighted by atomic mass is 10.0. The summed E-state index contributed by atoms with van der Waals surface area (Å²) >= 11 is 0. The fourth-order valence-corrected chi connectivity index (χ4v) is 1.29. The predicted octanol–water partition coefficient (Wildman–Crippen LogP) is 1.78. The van der Waals surface area contributed by atoms with Crippen LogP contribution in [0, 0.1) is 0 Å². The van der Waals surface area contributed by atoms with Crippen LogP contribution >= 0.6 is 0 Å². The molecule has 0 aromatic heterocycles. The molecule has 3 heteroatoms. The fraction of sp³-hybridized carbons (Fsp3) is 0.167. The molecule has 1 aromatic carbocycles. The van der Waals surface area contributed by atoms with Crippen molar-refractivity contribution in [1.82, 2.24) is 0 Å². The van der Waals surface area contributed by atoms with Gasteiger partial charge in [0.15, 0.2) is 5.78 Å². The SMILES string of the molecule is CC(=O)/C=C(\C)c1ccc(C(N)=O)cc1. The molecular formula is C12H13NO2. The molecule has 0 fully saturated rings. The Bertz CT molecular complexity index is 416. The molecule has 0 radical (unpaired) electrons. The molecule has 0 saturated carbocycles. The predicted molar refractivity (Wildman–Crippen MR) is 59.3 cm³/mol. The van der Waals surface area contributed by atoms with E-state index >= 15 is 0 Å². The van der Waals surface area contributed by atoms with E-state index in [1.54, 1.807) is 30.3 Å². The minimum Gasteiger partial charge on any atom is -0.366 e. The van der Waals surface area contributed by atoms with Crippen LogP contribution in [0.4, 0.5) is 0 Å². The van der Waals surface area contributed by atoms with Gasteiger partial charge in [-0.3, -0.25) is 9.59 Å². The number of benzene rings is 1. The molecule has 15 heavy (non-hydrogen) atoms. The Morgan fingerprint density at radius 3 is 1.93 bits per heavy atom. The average Bonchev–Trinajstić information content (AvgIpc) is 2.17. The zero-order chi connectivity index (χ0) is 11.4. The molecule has 1 amide bonds. The third-order valence-corrected chi connectivity index (χ3v) is 2.04. The molecule has 78 valence electrons. The molecule has 0 bridgehead atoms. The zero-order valence-electron chi connectivity index (χ0n) is 8.78. The van der Waals surface area contributed by atoms with Crippen LogP contribution in [0.3, 0.4) is 0 Å². The summed E-state index contributed by atoms with van der Waals surface area (Å²) in [5.74, 6) is -0.443. The van der Waals surface area contributed by atoms with E-state index in [1.807, 2.05) is 6.92 Å². The van der Waals surface area contributed by atoms with Crippen molar-refractivity contribution in [1.29, 1.82) is 0 Å². The Balaban J connectivity index is 2.99. The first-order valence-electron chi connectivity index (χ1n) is 4.60. The second kappa shape index (κ2) is 4.55. The number of hydrogen-bond acceptors (Lipinski definition) is 2. The molecule has 0 saturated heterocycles. The van der Waals surface area contributed by atoms with Crippen LogP contribution in [0.25, 0.3) is 5.57 Å². The maximum atomic E-state index is 10.9. The number of hydrogen-bond donors (Lipinski definition) is 1. The van der Waals surface area contributed by atoms with Gasteiger partial charge in [-0.2, -0.15) is 0 Å². The van der Waals surface area contributed by atoms with Gasteiger partial charge in [-0.1, -0.05) is 12.1 Å². The zero-order valence-corrected chi connectivity index (χ0v) is 8.78. The molecule has 0 atom stereocenters. The maximum absolute atomic E-state index is 10.9. The van der Waals surface area contributed by atoms with Crippen LogP contribution < -0.4 is 5.73 Å². The van der Waals surface area contributed by atoms with Crippen molar-refractivity contribution < 1.29 is 9.59 Å². The summed E-state index contributed by atoms with van der Waals surface area (Å²) in [6.45, 7) is 3.35. The van der Waals surface area contributed by atoms with Crippen molar-refractivity contribution in [3.63, 3.8) is 0 Å². The van der Waals surface area contributed by atoms with Gasteiger partial charge in [-0.05, 0) is 43.2 Å². The van der Waals surface area contributed by atoms with Gasteiger partial charge in [0.05, 0.1) is 0 Å². The van der Waals surface area contributed by atoms with Crippen LogP contribution in [-0.2, 0) is 4.79 Å². The number of carbonyl (C=O) groups excluding carboxylic acids is 2. The maximum Gasteiger partial charge on any atom is 0.248 e. The Labute approximate surface area is 88.6 Å². The first-order chi connectivity index (χ1) is 7.00. The van der Waals surface area contributed by atoms with Gasteiger partial charge in [-0.15, -0.1) is 0 Å². The number of ketones is 1. The van der Waals surface area contributed by atoms with E-state index < -0.39 is 5.91 Å². The summed E-state index contributed by atoms with van der Waals surface area (Å²) in [6.07, 6.45) is 1.55. The van der Waals surface area contributed by atoms with Crippen LogP contribution in [0.15, 0.2) is 30.3 Å². The van der Waals surface area contributed by atoms with Crippen molar-refractivity contribution in [2.75, 3.05) is 0 Å². The quantitative estimate of drug-likeness (QED) is 0.761. The highest BCUT2D eigenvalue weighted by Gasteiger charge is 2.01. The molecule has 0 spiro atoms. The molecule has 0 unspecified atom stereocenters. The third kappa shape index (κ3) is 3.06. The van der Waals surface area contributed by atoms with Gasteiger partial charge < -0.3 is 5.73 Å². The number of primary amides is 1. The van der Waals surface area contributed by atoms with Crippen LogP contribution in [0.2, 0.25) is 0 Å². The second-order valence-electron chi connectivity index (χ2n) is 3.38. The van der Waals surface area contributed by atoms with E-state index in [0.29, 0.717) is 5.56 Å². The Morgan fingerprint density at radius 2 is 1.53 bits per heavy atom. The van der Waals surface area contributed by atoms with Crippen molar-refractivity contribution >= 4 is 17.3 Å². The van der Waals surface area contributed by atoms with E-state index in [2.05, 4.69) is 0 Å². The summed E-state index contributed by atoms with van der Waals surface area (Å²) in [5, 5.41) is 0. The lowest BCUT2D eigenvalue weighted by Gasteiger charge is -2.01. The van der Waals surface area contributed by atoms with Gasteiger partial charge in [0, 0.05) is 5.56 Å². The smallest absolute Gasteiger partial charge is 0.248 e. The molecule has 0 aliphatic carbocycles. The van der Waals surface area contributed by atoms with E-state index in [0.717, 1.165) is 11.1 Å². The largest absolute Gasteiger partial charge is 0.366 e. The third-order valence-electron chi connectivity index (χ3n) is 2.04. The molecule has 0 aliphatic rings. The standard InChI is InChI=1S/C12H13NO2/c1-8(7-9(2)14)10-3-5-11(6-4-10)12(13)15/h3-7H,1-2H3,(H2,13,15)/b8-7+. The lowest BCUT2D eigenvalue weighted by molar-refractivity contribution is -0.112. The topological polar surface area (TPSA) is 60.2 Å². The summed E-state index contributed by atoms with van der Waals surface area (Å²) in [5.41, 5.74) is 7.37. The van der Waals surface area contributed by atoms with E-state index in [4.69, 9.17) is 5.73 Å². The second-order valence-corrected chi connectivity index (χ2v) is 3.38. The Hall–Kier alpha value is -1.90. The lowest BCUT2D eigenvalue weighted by Crippen LogP contribution is -2.10. The van der Waals surface area contributed by atoms with Gasteiger partial charge in [-0.25, -0.2) is 0 Å². The molecular weight excluding hydrogens is 190 g/mol. The van der Waals surface area contributed by atoms with Gasteiger partial charge in [0.2, 0.25) is 5.91 Å². The van der Waals surface area contributed by atoms with Crippen LogP contribution in [0.5, 0.6) is 0 Å². The average molecular weight is 203 g/mol. The minimum absolute atomic E-state index is 0.00600. The minimum atomic E-state index is -0.449. The highest BCUT2D eigenvalue weighted by molar-refractivity contribution is 5.95. The Kier molecular flexibility index (Phi) is 3.39. The number of allylic oxidation sites excluding steroid dienone is 2. The number of rotatable bonds is 3. The Morgan fingerprint density at radius 1 is 1.07 bits per heavy atom. The summed E-state index contributed by atoms with van der Waals surface area (Å²) in [4.78, 5) is 21.7. The molecule has 1 rings (SSSR count). The molecule has 0 heterocycles. The van der Waals surface area contributed by atoms with Crippen molar-refractivity contribution in [2.24, 2.45) is 5.73 Å². The van der Waals surface area contributed by atoms with Crippen LogP contribution in [0.1, 0.15) is 29.8 Å². The normalized spacial score (nSPS) is 11.2. The molecule has 1 aromatic rings. The first-order valence-corrected chi connectivity index (χ1v) is 4.60. The fourth-order valence-electron chi connectivity index (χ4n) is 1.29. The summed E-state index contributed by atoms with van der Waals surface area (Å²) in [7, 11) is 0. The van der Waals surface area contributed by atoms with Gasteiger partial charge >= 0.3 is 0 Å².